The normalized spacial score (nSPS) is 14.4. The molecule has 0 saturated heterocycles. The Morgan fingerprint density at radius 2 is 2.19 bits per heavy atom. The predicted octanol–water partition coefficient (Wildman–Crippen LogP) is 2.16. The first kappa shape index (κ1) is 14.9. The molecule has 2 N–H and O–H groups in total. The molecule has 0 rings (SSSR count). The molecule has 0 aromatic carbocycles. The van der Waals surface area contributed by atoms with Gasteiger partial charge < -0.3 is 10.5 Å². The van der Waals surface area contributed by atoms with Crippen LogP contribution in [-0.2, 0) is 9.53 Å². The maximum atomic E-state index is 11.3. The van der Waals surface area contributed by atoms with Gasteiger partial charge in [0.2, 0.25) is 0 Å². The zero-order valence-electron chi connectivity index (χ0n) is 9.90. The number of hydrogen-bond acceptors (Lipinski definition) is 3. The number of rotatable bonds is 6. The number of allylic oxidation sites excluding steroid dienone is 3. The van der Waals surface area contributed by atoms with Crippen molar-refractivity contribution in [3.8, 4) is 0 Å². The average molecular weight is 241 g/mol. The molecule has 4 heteroatoms. The van der Waals surface area contributed by atoms with E-state index in [0.29, 0.717) is 12.3 Å². The van der Waals surface area contributed by atoms with Gasteiger partial charge in [-0.2, -0.15) is 0 Å². The van der Waals surface area contributed by atoms with Crippen molar-refractivity contribution >= 4 is 15.2 Å². The Kier molecular flexibility index (Phi) is 7.57. The first-order valence-corrected chi connectivity index (χ1v) is 5.85. The third kappa shape index (κ3) is 6.41. The van der Waals surface area contributed by atoms with Gasteiger partial charge in [0.1, 0.15) is 6.61 Å². The summed E-state index contributed by atoms with van der Waals surface area (Å²) >= 11 is 0. The minimum atomic E-state index is -0.194. The van der Waals surface area contributed by atoms with Gasteiger partial charge in [-0.05, 0) is 31.1 Å². The molecule has 90 valence electrons. The number of hydrogen-bond donors (Lipinski definition) is 1. The maximum absolute atomic E-state index is 11.3. The molecular weight excluding hydrogens is 221 g/mol. The molecule has 3 nitrogen and oxygen atoms in total. The van der Waals surface area contributed by atoms with Crippen LogP contribution in [0.4, 0.5) is 0 Å². The van der Waals surface area contributed by atoms with Crippen LogP contribution in [0.15, 0.2) is 36.1 Å². The Bertz CT molecular complexity index is 308. The molecule has 0 aromatic rings. The molecule has 0 bridgehead atoms. The molecule has 0 saturated carbocycles. The smallest absolute Gasteiger partial charge is 0.313 e. The Morgan fingerprint density at radius 1 is 1.56 bits per heavy atom. The second kappa shape index (κ2) is 8.12. The molecule has 0 spiro atoms. The van der Waals surface area contributed by atoms with Crippen molar-refractivity contribution in [3.63, 3.8) is 0 Å². The highest BCUT2D eigenvalue weighted by atomic mass is 31.0. The SMILES string of the molecule is C=C/C(N)=C\C=C(/C)COC(=O)C(P)CC. The van der Waals surface area contributed by atoms with Gasteiger partial charge in [0, 0.05) is 5.70 Å². The fraction of sp³-hybridized carbons (Fsp3) is 0.417. The lowest BCUT2D eigenvalue weighted by Gasteiger charge is -2.08. The zero-order valence-corrected chi connectivity index (χ0v) is 11.1. The van der Waals surface area contributed by atoms with Crippen LogP contribution in [0.1, 0.15) is 20.3 Å². The van der Waals surface area contributed by atoms with E-state index in [-0.39, 0.29) is 11.6 Å². The van der Waals surface area contributed by atoms with Gasteiger partial charge in [0.15, 0.2) is 0 Å². The molecule has 2 atom stereocenters. The Hall–Kier alpha value is -1.08. The van der Waals surface area contributed by atoms with Crippen LogP contribution in [0, 0.1) is 0 Å². The highest BCUT2D eigenvalue weighted by molar-refractivity contribution is 7.19. The summed E-state index contributed by atoms with van der Waals surface area (Å²) in [6, 6.07) is 0. The van der Waals surface area contributed by atoms with E-state index >= 15 is 0 Å². The largest absolute Gasteiger partial charge is 0.461 e. The molecule has 0 aromatic heterocycles. The highest BCUT2D eigenvalue weighted by Gasteiger charge is 2.11. The average Bonchev–Trinajstić information content (AvgIpc) is 2.31. The molecule has 0 fully saturated rings. The third-order valence-electron chi connectivity index (χ3n) is 1.98. The molecule has 0 aliphatic heterocycles. The van der Waals surface area contributed by atoms with Crippen LogP contribution in [0.25, 0.3) is 0 Å². The van der Waals surface area contributed by atoms with Crippen LogP contribution in [-0.4, -0.2) is 18.2 Å². The first-order chi connectivity index (χ1) is 7.51. The number of carbonyl (C=O) groups is 1. The summed E-state index contributed by atoms with van der Waals surface area (Å²) in [5, 5.41) is 0. The maximum Gasteiger partial charge on any atom is 0.313 e. The standard InChI is InChI=1S/C12H20NO2P/c1-4-10(13)7-6-9(3)8-15-12(14)11(16)5-2/h4,6-7,11H,1,5,8,13,16H2,2-3H3/b9-6+,10-7+. The van der Waals surface area contributed by atoms with E-state index < -0.39 is 0 Å². The lowest BCUT2D eigenvalue weighted by atomic mass is 10.2. The molecule has 2 unspecified atom stereocenters. The topological polar surface area (TPSA) is 52.3 Å². The van der Waals surface area contributed by atoms with E-state index in [1.165, 1.54) is 0 Å². The van der Waals surface area contributed by atoms with Crippen LogP contribution in [0.5, 0.6) is 0 Å². The first-order valence-electron chi connectivity index (χ1n) is 5.18. The van der Waals surface area contributed by atoms with Crippen molar-refractivity contribution in [2.24, 2.45) is 5.73 Å². The summed E-state index contributed by atoms with van der Waals surface area (Å²) in [5.74, 6) is -0.194. The molecule has 0 heterocycles. The summed E-state index contributed by atoms with van der Waals surface area (Å²) in [7, 11) is 2.47. The second-order valence-corrected chi connectivity index (χ2v) is 4.31. The molecule has 0 aliphatic carbocycles. The molecule has 0 radical (unpaired) electrons. The van der Waals surface area contributed by atoms with E-state index in [1.54, 1.807) is 12.2 Å². The summed E-state index contributed by atoms with van der Waals surface area (Å²) in [4.78, 5) is 11.3. The van der Waals surface area contributed by atoms with Crippen LogP contribution in [0.3, 0.4) is 0 Å². The van der Waals surface area contributed by atoms with Gasteiger partial charge in [-0.3, -0.25) is 4.79 Å². The zero-order chi connectivity index (χ0) is 12.6. The monoisotopic (exact) mass is 241 g/mol. The van der Waals surface area contributed by atoms with Crippen molar-refractivity contribution in [1.29, 1.82) is 0 Å². The van der Waals surface area contributed by atoms with Crippen LogP contribution >= 0.6 is 9.24 Å². The number of nitrogens with two attached hydrogens (primary N) is 1. The fourth-order valence-corrected chi connectivity index (χ4v) is 0.910. The van der Waals surface area contributed by atoms with Crippen LogP contribution in [0.2, 0.25) is 0 Å². The van der Waals surface area contributed by atoms with E-state index in [0.717, 1.165) is 12.0 Å². The van der Waals surface area contributed by atoms with E-state index in [9.17, 15) is 4.79 Å². The lowest BCUT2D eigenvalue weighted by molar-refractivity contribution is -0.142. The Balaban J connectivity index is 4.12. The minimum absolute atomic E-state index is 0.124. The highest BCUT2D eigenvalue weighted by Crippen LogP contribution is 2.07. The predicted molar refractivity (Wildman–Crippen MR) is 71.0 cm³/mol. The number of esters is 1. The second-order valence-electron chi connectivity index (χ2n) is 3.51. The minimum Gasteiger partial charge on any atom is -0.461 e. The quantitative estimate of drug-likeness (QED) is 0.440. The lowest BCUT2D eigenvalue weighted by Crippen LogP contribution is -2.17. The van der Waals surface area contributed by atoms with Crippen LogP contribution < -0.4 is 5.73 Å². The molecule has 0 amide bonds. The van der Waals surface area contributed by atoms with Crippen molar-refractivity contribution in [2.75, 3.05) is 6.61 Å². The van der Waals surface area contributed by atoms with Gasteiger partial charge in [0.05, 0.1) is 5.66 Å². The van der Waals surface area contributed by atoms with Gasteiger partial charge in [-0.1, -0.05) is 19.6 Å². The van der Waals surface area contributed by atoms with Gasteiger partial charge in [-0.25, -0.2) is 0 Å². The number of carbonyl (C=O) groups excluding carboxylic acids is 1. The molecule has 16 heavy (non-hydrogen) atoms. The van der Waals surface area contributed by atoms with E-state index in [1.807, 2.05) is 19.9 Å². The molecule has 0 aliphatic rings. The van der Waals surface area contributed by atoms with Gasteiger partial charge in [0.25, 0.3) is 0 Å². The Morgan fingerprint density at radius 3 is 2.69 bits per heavy atom. The van der Waals surface area contributed by atoms with Crippen molar-refractivity contribution < 1.29 is 9.53 Å². The van der Waals surface area contributed by atoms with Gasteiger partial charge in [-0.15, -0.1) is 9.24 Å². The summed E-state index contributed by atoms with van der Waals surface area (Å²) in [5.41, 5.74) is 6.93. The number of ether oxygens (including phenoxy) is 1. The fourth-order valence-electron chi connectivity index (χ4n) is 0.813. The van der Waals surface area contributed by atoms with E-state index in [4.69, 9.17) is 10.5 Å². The summed E-state index contributed by atoms with van der Waals surface area (Å²) in [6.07, 6.45) is 5.86. The van der Waals surface area contributed by atoms with Crippen molar-refractivity contribution in [1.82, 2.24) is 0 Å². The third-order valence-corrected chi connectivity index (χ3v) is 2.72. The van der Waals surface area contributed by atoms with Gasteiger partial charge >= 0.3 is 5.97 Å². The van der Waals surface area contributed by atoms with Crippen molar-refractivity contribution in [3.05, 3.63) is 36.1 Å². The molecular formula is C12H20NO2P. The summed E-state index contributed by atoms with van der Waals surface area (Å²) < 4.78 is 5.10. The summed E-state index contributed by atoms with van der Waals surface area (Å²) in [6.45, 7) is 7.65. The Labute approximate surface area is 99.6 Å². The van der Waals surface area contributed by atoms with Crippen molar-refractivity contribution in [2.45, 2.75) is 25.9 Å². The van der Waals surface area contributed by atoms with E-state index in [2.05, 4.69) is 15.8 Å².